The smallest absolute Gasteiger partial charge is 0.220 e. The van der Waals surface area contributed by atoms with Crippen LogP contribution in [0.25, 0.3) is 0 Å². The molecule has 0 saturated carbocycles. The number of amides is 1. The summed E-state index contributed by atoms with van der Waals surface area (Å²) in [6.45, 7) is 3.13. The molecule has 0 aliphatic heterocycles. The van der Waals surface area contributed by atoms with Crippen LogP contribution in [0.3, 0.4) is 0 Å². The van der Waals surface area contributed by atoms with Gasteiger partial charge in [-0.05, 0) is 13.0 Å². The first kappa shape index (κ1) is 13.1. The van der Waals surface area contributed by atoms with Crippen LogP contribution >= 0.6 is 11.6 Å². The van der Waals surface area contributed by atoms with Crippen LogP contribution in [-0.2, 0) is 4.79 Å². The molecule has 0 aromatic heterocycles. The third kappa shape index (κ3) is 5.72. The number of hydrogen-bond acceptors (Lipinski definition) is 2. The quantitative estimate of drug-likeness (QED) is 0.561. The molecule has 0 aliphatic carbocycles. The minimum Gasteiger partial charge on any atom is -0.330 e. The normalized spacial score (nSPS) is 15.2. The van der Waals surface area contributed by atoms with Gasteiger partial charge in [-0.2, -0.15) is 0 Å². The van der Waals surface area contributed by atoms with Crippen molar-refractivity contribution in [3.8, 4) is 0 Å². The Morgan fingerprint density at radius 2 is 2.29 bits per heavy atom. The lowest BCUT2D eigenvalue weighted by Crippen LogP contribution is -2.19. The van der Waals surface area contributed by atoms with Crippen LogP contribution in [0.2, 0.25) is 0 Å². The van der Waals surface area contributed by atoms with Crippen molar-refractivity contribution >= 4 is 17.5 Å². The summed E-state index contributed by atoms with van der Waals surface area (Å²) in [4.78, 5) is 10.7. The van der Waals surface area contributed by atoms with Crippen molar-refractivity contribution in [1.82, 2.24) is 5.32 Å². The van der Waals surface area contributed by atoms with E-state index in [1.807, 2.05) is 0 Å². The van der Waals surface area contributed by atoms with Crippen molar-refractivity contribution in [3.05, 3.63) is 23.7 Å². The van der Waals surface area contributed by atoms with Gasteiger partial charge in [0, 0.05) is 19.0 Å². The zero-order valence-electron chi connectivity index (χ0n) is 8.18. The molecule has 0 bridgehead atoms. The predicted molar refractivity (Wildman–Crippen MR) is 55.2 cm³/mol. The zero-order valence-corrected chi connectivity index (χ0v) is 8.94. The fourth-order valence-electron chi connectivity index (χ4n) is 0.787. The second-order valence-electron chi connectivity index (χ2n) is 2.69. The van der Waals surface area contributed by atoms with E-state index in [1.54, 1.807) is 13.0 Å². The molecule has 80 valence electrons. The molecule has 14 heavy (non-hydrogen) atoms. The standard InChI is InChI=1S/C9H14ClFN2O/c1-3-7(13-6(2)14)4-5-8(11)9(10)12/h3,5,9H,4,12H2,1-2H3,(H,13,14)/b7-3+,8-5+. The Bertz CT molecular complexity index is 262. The summed E-state index contributed by atoms with van der Waals surface area (Å²) < 4.78 is 12.8. The molecule has 0 aromatic rings. The fraction of sp³-hybridized carbons (Fsp3) is 0.444. The van der Waals surface area contributed by atoms with Crippen LogP contribution in [0.4, 0.5) is 4.39 Å². The van der Waals surface area contributed by atoms with Crippen molar-refractivity contribution in [1.29, 1.82) is 0 Å². The molecule has 0 saturated heterocycles. The molecule has 0 radical (unpaired) electrons. The molecule has 3 N–H and O–H groups in total. The average Bonchev–Trinajstić information content (AvgIpc) is 2.10. The Hall–Kier alpha value is -0.870. The number of carbonyl (C=O) groups is 1. The van der Waals surface area contributed by atoms with E-state index in [-0.39, 0.29) is 12.3 Å². The SMILES string of the molecule is C/C=C(\C/C=C(/F)C(N)Cl)NC(C)=O. The molecule has 1 amide bonds. The number of alkyl halides is 1. The number of nitrogens with two attached hydrogens (primary N) is 1. The summed E-state index contributed by atoms with van der Waals surface area (Å²) in [5, 5.41) is 2.55. The van der Waals surface area contributed by atoms with E-state index in [2.05, 4.69) is 5.32 Å². The molecule has 0 aliphatic rings. The van der Waals surface area contributed by atoms with Gasteiger partial charge in [-0.3, -0.25) is 4.79 Å². The lowest BCUT2D eigenvalue weighted by atomic mass is 10.2. The summed E-state index contributed by atoms with van der Waals surface area (Å²) in [5.41, 5.74) is 4.58. The largest absolute Gasteiger partial charge is 0.330 e. The molecular formula is C9H14ClFN2O. The van der Waals surface area contributed by atoms with Gasteiger partial charge in [0.05, 0.1) is 0 Å². The first-order valence-corrected chi connectivity index (χ1v) is 4.59. The van der Waals surface area contributed by atoms with Gasteiger partial charge in [0.15, 0.2) is 0 Å². The van der Waals surface area contributed by atoms with E-state index >= 15 is 0 Å². The van der Waals surface area contributed by atoms with Gasteiger partial charge in [0.1, 0.15) is 11.3 Å². The highest BCUT2D eigenvalue weighted by Gasteiger charge is 2.04. The van der Waals surface area contributed by atoms with Crippen molar-refractivity contribution in [2.45, 2.75) is 25.8 Å². The molecule has 3 nitrogen and oxygen atoms in total. The van der Waals surface area contributed by atoms with Crippen LogP contribution in [0.15, 0.2) is 23.7 Å². The minimum absolute atomic E-state index is 0.193. The first-order valence-electron chi connectivity index (χ1n) is 4.15. The number of rotatable bonds is 4. The summed E-state index contributed by atoms with van der Waals surface area (Å²) in [6.07, 6.45) is 3.19. The predicted octanol–water partition coefficient (Wildman–Crippen LogP) is 1.79. The van der Waals surface area contributed by atoms with Crippen LogP contribution in [0.5, 0.6) is 0 Å². The number of carbonyl (C=O) groups excluding carboxylic acids is 1. The number of halogens is 2. The highest BCUT2D eigenvalue weighted by molar-refractivity contribution is 6.21. The zero-order chi connectivity index (χ0) is 11.1. The van der Waals surface area contributed by atoms with E-state index < -0.39 is 11.3 Å². The van der Waals surface area contributed by atoms with E-state index in [0.717, 1.165) is 0 Å². The Morgan fingerprint density at radius 3 is 2.64 bits per heavy atom. The fourth-order valence-corrected chi connectivity index (χ4v) is 0.876. The maximum atomic E-state index is 12.8. The molecule has 0 spiro atoms. The van der Waals surface area contributed by atoms with Crippen molar-refractivity contribution in [2.75, 3.05) is 0 Å². The number of allylic oxidation sites excluding steroid dienone is 2. The van der Waals surface area contributed by atoms with Crippen molar-refractivity contribution < 1.29 is 9.18 Å². The number of hydrogen-bond donors (Lipinski definition) is 2. The van der Waals surface area contributed by atoms with Gasteiger partial charge in [0.25, 0.3) is 0 Å². The summed E-state index contributed by atoms with van der Waals surface area (Å²) in [7, 11) is 0. The topological polar surface area (TPSA) is 55.1 Å². The third-order valence-corrected chi connectivity index (χ3v) is 1.67. The first-order chi connectivity index (χ1) is 6.47. The van der Waals surface area contributed by atoms with Gasteiger partial charge in [0.2, 0.25) is 5.91 Å². The molecule has 1 unspecified atom stereocenters. The molecular weight excluding hydrogens is 207 g/mol. The lowest BCUT2D eigenvalue weighted by molar-refractivity contribution is -0.118. The third-order valence-electron chi connectivity index (χ3n) is 1.47. The van der Waals surface area contributed by atoms with Crippen LogP contribution in [0, 0.1) is 0 Å². The van der Waals surface area contributed by atoms with Crippen LogP contribution in [0.1, 0.15) is 20.3 Å². The van der Waals surface area contributed by atoms with Crippen molar-refractivity contribution in [3.63, 3.8) is 0 Å². The monoisotopic (exact) mass is 220 g/mol. The second-order valence-corrected chi connectivity index (χ2v) is 3.16. The maximum Gasteiger partial charge on any atom is 0.220 e. The van der Waals surface area contributed by atoms with Gasteiger partial charge >= 0.3 is 0 Å². The summed E-state index contributed by atoms with van der Waals surface area (Å²) in [6, 6.07) is 0. The minimum atomic E-state index is -1.12. The molecule has 0 fully saturated rings. The Morgan fingerprint density at radius 1 is 1.71 bits per heavy atom. The second kappa shape index (κ2) is 6.56. The Labute approximate surface area is 87.8 Å². The van der Waals surface area contributed by atoms with E-state index in [1.165, 1.54) is 13.0 Å². The van der Waals surface area contributed by atoms with E-state index in [4.69, 9.17) is 17.3 Å². The molecule has 0 aromatic carbocycles. The van der Waals surface area contributed by atoms with E-state index in [9.17, 15) is 9.18 Å². The van der Waals surface area contributed by atoms with Gasteiger partial charge < -0.3 is 11.1 Å². The molecule has 5 heteroatoms. The van der Waals surface area contributed by atoms with Gasteiger partial charge in [-0.25, -0.2) is 4.39 Å². The summed E-state index contributed by atoms with van der Waals surface area (Å²) >= 11 is 5.29. The Balaban J connectivity index is 4.22. The molecule has 0 rings (SSSR count). The number of nitrogens with one attached hydrogen (secondary N) is 1. The van der Waals surface area contributed by atoms with E-state index in [0.29, 0.717) is 5.70 Å². The highest BCUT2D eigenvalue weighted by atomic mass is 35.5. The summed E-state index contributed by atoms with van der Waals surface area (Å²) in [5.74, 6) is -0.793. The Kier molecular flexibility index (Phi) is 6.16. The molecule has 1 atom stereocenters. The van der Waals surface area contributed by atoms with Gasteiger partial charge in [-0.15, -0.1) is 0 Å². The van der Waals surface area contributed by atoms with Crippen LogP contribution < -0.4 is 11.1 Å². The average molecular weight is 221 g/mol. The molecule has 0 heterocycles. The van der Waals surface area contributed by atoms with Crippen molar-refractivity contribution in [2.24, 2.45) is 5.73 Å². The lowest BCUT2D eigenvalue weighted by Gasteiger charge is -2.05. The highest BCUT2D eigenvalue weighted by Crippen LogP contribution is 2.09. The van der Waals surface area contributed by atoms with Gasteiger partial charge in [-0.1, -0.05) is 17.7 Å². The maximum absolute atomic E-state index is 12.8. The van der Waals surface area contributed by atoms with Crippen LogP contribution in [-0.4, -0.2) is 11.4 Å².